The number of piperidine rings is 1. The summed E-state index contributed by atoms with van der Waals surface area (Å²) in [5.74, 6) is 1.53. The summed E-state index contributed by atoms with van der Waals surface area (Å²) in [6, 6.07) is 13.6. The zero-order valence-electron chi connectivity index (χ0n) is 14.8. The molecule has 2 heteroatoms. The van der Waals surface area contributed by atoms with Crippen LogP contribution in [0.5, 0.6) is 0 Å². The summed E-state index contributed by atoms with van der Waals surface area (Å²) in [5, 5.41) is 12.9. The summed E-state index contributed by atoms with van der Waals surface area (Å²) in [5.41, 5.74) is 4.14. The van der Waals surface area contributed by atoms with Crippen LogP contribution in [0.2, 0.25) is 0 Å². The molecule has 1 aliphatic carbocycles. The van der Waals surface area contributed by atoms with Crippen molar-refractivity contribution in [1.29, 1.82) is 5.26 Å². The fourth-order valence-corrected chi connectivity index (χ4v) is 4.24. The van der Waals surface area contributed by atoms with Crippen LogP contribution in [-0.2, 0) is 0 Å². The monoisotopic (exact) mass is 320 g/mol. The van der Waals surface area contributed by atoms with Gasteiger partial charge < -0.3 is 5.32 Å². The number of benzene rings is 1. The number of nitrogens with one attached hydrogen (secondary N) is 1. The van der Waals surface area contributed by atoms with Crippen molar-refractivity contribution in [1.82, 2.24) is 5.32 Å². The number of nitrogens with zero attached hydrogens (tertiary/aromatic N) is 1. The third-order valence-electron chi connectivity index (χ3n) is 5.63. The third kappa shape index (κ3) is 3.41. The molecule has 1 fully saturated rings. The van der Waals surface area contributed by atoms with E-state index in [0.29, 0.717) is 30.2 Å². The quantitative estimate of drug-likeness (QED) is 0.775. The lowest BCUT2D eigenvalue weighted by molar-refractivity contribution is 0.252. The minimum atomic E-state index is 0.387. The number of fused-ring (bicyclic) bond motifs is 1. The van der Waals surface area contributed by atoms with Crippen molar-refractivity contribution in [2.24, 2.45) is 17.8 Å². The maximum absolute atomic E-state index is 9.02. The van der Waals surface area contributed by atoms with E-state index in [1.165, 1.54) is 36.1 Å². The predicted molar refractivity (Wildman–Crippen MR) is 99.0 cm³/mol. The van der Waals surface area contributed by atoms with Crippen molar-refractivity contribution in [3.8, 4) is 6.07 Å². The Morgan fingerprint density at radius 3 is 2.75 bits per heavy atom. The molecule has 0 saturated carbocycles. The largest absolute Gasteiger partial charge is 0.378 e. The molecular formula is C22H28N2. The van der Waals surface area contributed by atoms with Gasteiger partial charge in [0.05, 0.1) is 12.1 Å². The Kier molecular flexibility index (Phi) is 5.41. The van der Waals surface area contributed by atoms with Gasteiger partial charge in [0.2, 0.25) is 0 Å². The molecule has 0 bridgehead atoms. The van der Waals surface area contributed by atoms with Crippen molar-refractivity contribution in [2.45, 2.75) is 52.0 Å². The van der Waals surface area contributed by atoms with Crippen molar-refractivity contribution >= 4 is 0 Å². The molecule has 1 aromatic carbocycles. The van der Waals surface area contributed by atoms with Gasteiger partial charge in [-0.25, -0.2) is 0 Å². The molecule has 24 heavy (non-hydrogen) atoms. The molecule has 4 atom stereocenters. The molecule has 1 aromatic rings. The Hall–Kier alpha value is -2.01. The zero-order chi connectivity index (χ0) is 16.9. The molecule has 1 unspecified atom stereocenters. The van der Waals surface area contributed by atoms with Gasteiger partial charge in [-0.05, 0) is 41.7 Å². The molecular weight excluding hydrogens is 292 g/mol. The van der Waals surface area contributed by atoms with Crippen LogP contribution in [0.15, 0.2) is 53.8 Å². The van der Waals surface area contributed by atoms with E-state index in [1.807, 2.05) is 0 Å². The molecule has 0 amide bonds. The second-order valence-corrected chi connectivity index (χ2v) is 7.23. The van der Waals surface area contributed by atoms with Gasteiger partial charge in [-0.1, -0.05) is 69.2 Å². The van der Waals surface area contributed by atoms with Crippen LogP contribution in [0.25, 0.3) is 0 Å². The predicted octanol–water partition coefficient (Wildman–Crippen LogP) is 5.52. The number of hydrogen-bond donors (Lipinski definition) is 1. The molecule has 2 aliphatic rings. The highest BCUT2D eigenvalue weighted by Gasteiger charge is 2.37. The molecule has 1 heterocycles. The van der Waals surface area contributed by atoms with E-state index in [2.05, 4.69) is 67.7 Å². The van der Waals surface area contributed by atoms with Gasteiger partial charge in [0, 0.05) is 12.1 Å². The average molecular weight is 320 g/mol. The lowest BCUT2D eigenvalue weighted by Gasteiger charge is -2.43. The fraction of sp³-hybridized carbons (Fsp3) is 0.500. The Bertz CT molecular complexity index is 650. The normalized spacial score (nSPS) is 28.9. The molecule has 0 aromatic heterocycles. The van der Waals surface area contributed by atoms with Gasteiger partial charge in [-0.2, -0.15) is 5.26 Å². The summed E-state index contributed by atoms with van der Waals surface area (Å²) < 4.78 is 0. The van der Waals surface area contributed by atoms with Crippen molar-refractivity contribution in [3.05, 3.63) is 59.3 Å². The lowest BCUT2D eigenvalue weighted by Crippen LogP contribution is -2.40. The average Bonchev–Trinajstić information content (AvgIpc) is 2.62. The third-order valence-corrected chi connectivity index (χ3v) is 5.63. The molecule has 0 radical (unpaired) electrons. The van der Waals surface area contributed by atoms with E-state index in [4.69, 9.17) is 5.26 Å². The van der Waals surface area contributed by atoms with Gasteiger partial charge in [0.15, 0.2) is 0 Å². The lowest BCUT2D eigenvalue weighted by atomic mass is 9.70. The molecule has 1 N–H and O–H groups in total. The Morgan fingerprint density at radius 2 is 2.04 bits per heavy atom. The van der Waals surface area contributed by atoms with Gasteiger partial charge in [-0.3, -0.25) is 0 Å². The Balaban J connectivity index is 1.90. The number of nitriles is 1. The van der Waals surface area contributed by atoms with E-state index in [9.17, 15) is 0 Å². The van der Waals surface area contributed by atoms with E-state index in [0.717, 1.165) is 6.42 Å². The van der Waals surface area contributed by atoms with Gasteiger partial charge >= 0.3 is 0 Å². The highest BCUT2D eigenvalue weighted by atomic mass is 15.0. The van der Waals surface area contributed by atoms with E-state index >= 15 is 0 Å². The standard InChI is InChI=1S/C22H28N2/c1-3-4-10-19-16(2)20-15-17(13-14-23)11-12-21(20)24-22(19)18-8-6-5-7-9-18/h5-9,12,15-17,19,22,24H,3-4,10-11,13H2,1-2H3/t16-,17?,19+,22-/m0/s1. The number of rotatable bonds is 5. The van der Waals surface area contributed by atoms with Crippen LogP contribution in [0.3, 0.4) is 0 Å². The molecule has 1 saturated heterocycles. The Morgan fingerprint density at radius 1 is 1.25 bits per heavy atom. The van der Waals surface area contributed by atoms with Gasteiger partial charge in [0.1, 0.15) is 0 Å². The SMILES string of the molecule is CCCC[C@@H]1[C@H](C)C2=CC(CC#N)CC=C2N[C@H]1c1ccccc1. The molecule has 0 spiro atoms. The highest BCUT2D eigenvalue weighted by molar-refractivity contribution is 5.40. The van der Waals surface area contributed by atoms with Gasteiger partial charge in [0.25, 0.3) is 0 Å². The number of unbranched alkanes of at least 4 members (excludes halogenated alkanes) is 1. The van der Waals surface area contributed by atoms with Crippen LogP contribution in [0, 0.1) is 29.1 Å². The van der Waals surface area contributed by atoms with Crippen LogP contribution in [0.4, 0.5) is 0 Å². The number of hydrogen-bond acceptors (Lipinski definition) is 2. The van der Waals surface area contributed by atoms with Crippen LogP contribution in [0.1, 0.15) is 57.6 Å². The van der Waals surface area contributed by atoms with E-state index < -0.39 is 0 Å². The first kappa shape index (κ1) is 16.8. The van der Waals surface area contributed by atoms with E-state index in [1.54, 1.807) is 0 Å². The molecule has 3 rings (SSSR count). The first-order chi connectivity index (χ1) is 11.7. The van der Waals surface area contributed by atoms with E-state index in [-0.39, 0.29) is 0 Å². The smallest absolute Gasteiger partial charge is 0.0628 e. The Labute approximate surface area is 146 Å². The molecule has 2 nitrogen and oxygen atoms in total. The minimum Gasteiger partial charge on any atom is -0.378 e. The topological polar surface area (TPSA) is 35.8 Å². The maximum Gasteiger partial charge on any atom is 0.0628 e. The minimum absolute atomic E-state index is 0.387. The summed E-state index contributed by atoms with van der Waals surface area (Å²) in [4.78, 5) is 0. The second kappa shape index (κ2) is 7.71. The number of allylic oxidation sites excluding steroid dienone is 3. The fourth-order valence-electron chi connectivity index (χ4n) is 4.24. The first-order valence-corrected chi connectivity index (χ1v) is 9.35. The maximum atomic E-state index is 9.02. The van der Waals surface area contributed by atoms with Crippen LogP contribution in [-0.4, -0.2) is 0 Å². The second-order valence-electron chi connectivity index (χ2n) is 7.23. The molecule has 126 valence electrons. The van der Waals surface area contributed by atoms with Crippen LogP contribution < -0.4 is 5.32 Å². The summed E-state index contributed by atoms with van der Waals surface area (Å²) >= 11 is 0. The van der Waals surface area contributed by atoms with Gasteiger partial charge in [-0.15, -0.1) is 0 Å². The van der Waals surface area contributed by atoms with Crippen molar-refractivity contribution in [2.75, 3.05) is 0 Å². The van der Waals surface area contributed by atoms with Crippen molar-refractivity contribution in [3.63, 3.8) is 0 Å². The zero-order valence-corrected chi connectivity index (χ0v) is 14.8. The first-order valence-electron chi connectivity index (χ1n) is 9.35. The summed E-state index contributed by atoms with van der Waals surface area (Å²) in [6.07, 6.45) is 10.1. The summed E-state index contributed by atoms with van der Waals surface area (Å²) in [6.45, 7) is 4.65. The highest BCUT2D eigenvalue weighted by Crippen LogP contribution is 2.44. The van der Waals surface area contributed by atoms with Crippen LogP contribution >= 0.6 is 0 Å². The van der Waals surface area contributed by atoms with Crippen molar-refractivity contribution < 1.29 is 0 Å². The summed E-state index contributed by atoms with van der Waals surface area (Å²) in [7, 11) is 0. The molecule has 1 aliphatic heterocycles.